The van der Waals surface area contributed by atoms with E-state index < -0.39 is 0 Å². The SMILES string of the molecule is CN1CCC(c2csc(C3CCC(O)CC3)n2)C1. The van der Waals surface area contributed by atoms with Gasteiger partial charge in [-0.15, -0.1) is 11.3 Å². The zero-order chi connectivity index (χ0) is 12.5. The average molecular weight is 266 g/mol. The third-order valence-electron chi connectivity index (χ3n) is 4.40. The molecule has 3 nitrogen and oxygen atoms in total. The summed E-state index contributed by atoms with van der Waals surface area (Å²) >= 11 is 1.83. The number of hydrogen-bond acceptors (Lipinski definition) is 4. The van der Waals surface area contributed by atoms with Crippen LogP contribution in [0.3, 0.4) is 0 Å². The fourth-order valence-corrected chi connectivity index (χ4v) is 4.25. The van der Waals surface area contributed by atoms with Crippen LogP contribution in [-0.2, 0) is 0 Å². The lowest BCUT2D eigenvalue weighted by atomic mass is 9.88. The van der Waals surface area contributed by atoms with Crippen molar-refractivity contribution in [3.63, 3.8) is 0 Å². The van der Waals surface area contributed by atoms with Crippen LogP contribution in [0.15, 0.2) is 5.38 Å². The van der Waals surface area contributed by atoms with Crippen molar-refractivity contribution < 1.29 is 5.11 Å². The van der Waals surface area contributed by atoms with E-state index in [1.807, 2.05) is 11.3 Å². The number of hydrogen-bond donors (Lipinski definition) is 1. The Morgan fingerprint density at radius 2 is 2.00 bits per heavy atom. The molecule has 18 heavy (non-hydrogen) atoms. The predicted molar refractivity (Wildman–Crippen MR) is 74.2 cm³/mol. The molecule has 1 atom stereocenters. The van der Waals surface area contributed by atoms with Crippen LogP contribution in [0.2, 0.25) is 0 Å². The lowest BCUT2D eigenvalue weighted by molar-refractivity contribution is 0.122. The molecule has 2 aliphatic rings. The van der Waals surface area contributed by atoms with Crippen LogP contribution >= 0.6 is 11.3 Å². The first-order chi connectivity index (χ1) is 8.72. The number of aliphatic hydroxyl groups excluding tert-OH is 1. The summed E-state index contributed by atoms with van der Waals surface area (Å²) in [5.74, 6) is 1.25. The second-order valence-electron chi connectivity index (χ2n) is 5.86. The molecular formula is C14H22N2OS. The lowest BCUT2D eigenvalue weighted by Gasteiger charge is -2.23. The van der Waals surface area contributed by atoms with E-state index in [1.54, 1.807) is 0 Å². The number of aliphatic hydroxyl groups is 1. The minimum atomic E-state index is -0.0656. The van der Waals surface area contributed by atoms with Crippen molar-refractivity contribution in [1.82, 2.24) is 9.88 Å². The van der Waals surface area contributed by atoms with E-state index in [9.17, 15) is 5.11 Å². The normalized spacial score (nSPS) is 34.0. The largest absolute Gasteiger partial charge is 0.393 e. The molecule has 0 aromatic carbocycles. The molecule has 2 fully saturated rings. The molecule has 0 amide bonds. The van der Waals surface area contributed by atoms with Gasteiger partial charge in [0.05, 0.1) is 16.8 Å². The Bertz CT molecular complexity index is 398. The maximum absolute atomic E-state index is 9.56. The Kier molecular flexibility index (Phi) is 3.68. The molecule has 0 spiro atoms. The van der Waals surface area contributed by atoms with Gasteiger partial charge in [-0.2, -0.15) is 0 Å². The van der Waals surface area contributed by atoms with Gasteiger partial charge in [0.15, 0.2) is 0 Å². The van der Waals surface area contributed by atoms with Gasteiger partial charge in [0, 0.05) is 23.8 Å². The fourth-order valence-electron chi connectivity index (χ4n) is 3.17. The molecule has 1 N–H and O–H groups in total. The van der Waals surface area contributed by atoms with Gasteiger partial charge in [-0.05, 0) is 45.7 Å². The maximum Gasteiger partial charge on any atom is 0.0959 e. The summed E-state index contributed by atoms with van der Waals surface area (Å²) in [4.78, 5) is 7.28. The Morgan fingerprint density at radius 1 is 1.22 bits per heavy atom. The van der Waals surface area contributed by atoms with Crippen molar-refractivity contribution in [2.75, 3.05) is 20.1 Å². The molecule has 0 bridgehead atoms. The van der Waals surface area contributed by atoms with Crippen molar-refractivity contribution in [3.8, 4) is 0 Å². The van der Waals surface area contributed by atoms with Gasteiger partial charge >= 0.3 is 0 Å². The van der Waals surface area contributed by atoms with Gasteiger partial charge < -0.3 is 10.0 Å². The molecule has 100 valence electrons. The van der Waals surface area contributed by atoms with Gasteiger partial charge in [-0.3, -0.25) is 0 Å². The van der Waals surface area contributed by atoms with Crippen molar-refractivity contribution in [2.45, 2.75) is 50.0 Å². The summed E-state index contributed by atoms with van der Waals surface area (Å²) in [5, 5.41) is 13.1. The fraction of sp³-hybridized carbons (Fsp3) is 0.786. The van der Waals surface area contributed by atoms with E-state index in [0.717, 1.165) is 32.2 Å². The summed E-state index contributed by atoms with van der Waals surface area (Å²) in [6, 6.07) is 0. The number of thiazole rings is 1. The summed E-state index contributed by atoms with van der Waals surface area (Å²) in [6.07, 6.45) is 5.31. The van der Waals surface area contributed by atoms with Gasteiger partial charge in [-0.25, -0.2) is 4.98 Å². The molecule has 0 radical (unpaired) electrons. The van der Waals surface area contributed by atoms with Crippen LogP contribution in [0, 0.1) is 0 Å². The van der Waals surface area contributed by atoms with Crippen molar-refractivity contribution >= 4 is 11.3 Å². The number of rotatable bonds is 2. The number of likely N-dealkylation sites (tertiary alicyclic amines) is 1. The molecular weight excluding hydrogens is 244 g/mol. The highest BCUT2D eigenvalue weighted by molar-refractivity contribution is 7.09. The van der Waals surface area contributed by atoms with E-state index in [2.05, 4.69) is 17.3 Å². The Morgan fingerprint density at radius 3 is 2.67 bits per heavy atom. The standard InChI is InChI=1S/C14H22N2OS/c1-16-7-6-11(8-16)13-9-18-14(15-13)10-2-4-12(17)5-3-10/h9-12,17H,2-8H2,1H3. The van der Waals surface area contributed by atoms with Crippen molar-refractivity contribution in [3.05, 3.63) is 16.1 Å². The first kappa shape index (κ1) is 12.6. The van der Waals surface area contributed by atoms with Gasteiger partial charge in [0.2, 0.25) is 0 Å². The molecule has 1 unspecified atom stereocenters. The highest BCUT2D eigenvalue weighted by Gasteiger charge is 2.26. The monoisotopic (exact) mass is 266 g/mol. The average Bonchev–Trinajstić information content (AvgIpc) is 2.98. The van der Waals surface area contributed by atoms with Gasteiger partial charge in [0.25, 0.3) is 0 Å². The van der Waals surface area contributed by atoms with Gasteiger partial charge in [0.1, 0.15) is 0 Å². The first-order valence-electron chi connectivity index (χ1n) is 7.04. The highest BCUT2D eigenvalue weighted by atomic mass is 32.1. The zero-order valence-corrected chi connectivity index (χ0v) is 11.8. The first-order valence-corrected chi connectivity index (χ1v) is 7.92. The van der Waals surface area contributed by atoms with Crippen molar-refractivity contribution in [2.24, 2.45) is 0 Å². The summed E-state index contributed by atoms with van der Waals surface area (Å²) in [7, 11) is 2.19. The smallest absolute Gasteiger partial charge is 0.0959 e. The lowest BCUT2D eigenvalue weighted by Crippen LogP contribution is -2.17. The molecule has 1 aliphatic carbocycles. The topological polar surface area (TPSA) is 36.4 Å². The second-order valence-corrected chi connectivity index (χ2v) is 6.75. The van der Waals surface area contributed by atoms with Crippen LogP contribution in [-0.4, -0.2) is 41.2 Å². The third kappa shape index (κ3) is 2.60. The molecule has 1 aromatic rings. The number of aromatic nitrogens is 1. The van der Waals surface area contributed by atoms with Crippen LogP contribution in [0.4, 0.5) is 0 Å². The van der Waals surface area contributed by atoms with E-state index in [1.165, 1.54) is 23.7 Å². The molecule has 3 rings (SSSR count). The molecule has 1 aliphatic heterocycles. The molecule has 1 aromatic heterocycles. The van der Waals surface area contributed by atoms with E-state index in [-0.39, 0.29) is 6.10 Å². The third-order valence-corrected chi connectivity index (χ3v) is 5.42. The summed E-state index contributed by atoms with van der Waals surface area (Å²) < 4.78 is 0. The van der Waals surface area contributed by atoms with Gasteiger partial charge in [-0.1, -0.05) is 0 Å². The maximum atomic E-state index is 9.56. The van der Waals surface area contributed by atoms with E-state index in [0.29, 0.717) is 11.8 Å². The Labute approximate surface area is 113 Å². The van der Waals surface area contributed by atoms with Crippen LogP contribution in [0.5, 0.6) is 0 Å². The number of nitrogens with zero attached hydrogens (tertiary/aromatic N) is 2. The quantitative estimate of drug-likeness (QED) is 0.894. The minimum Gasteiger partial charge on any atom is -0.393 e. The van der Waals surface area contributed by atoms with Crippen LogP contribution < -0.4 is 0 Å². The van der Waals surface area contributed by atoms with Crippen LogP contribution in [0.25, 0.3) is 0 Å². The Balaban J connectivity index is 1.66. The molecule has 2 heterocycles. The molecule has 1 saturated carbocycles. The van der Waals surface area contributed by atoms with E-state index in [4.69, 9.17) is 4.98 Å². The second kappa shape index (κ2) is 5.27. The molecule has 1 saturated heterocycles. The van der Waals surface area contributed by atoms with E-state index >= 15 is 0 Å². The minimum absolute atomic E-state index is 0.0656. The van der Waals surface area contributed by atoms with Crippen molar-refractivity contribution in [1.29, 1.82) is 0 Å². The highest BCUT2D eigenvalue weighted by Crippen LogP contribution is 2.36. The summed E-state index contributed by atoms with van der Waals surface area (Å²) in [5.41, 5.74) is 1.31. The Hall–Kier alpha value is -0.450. The number of likely N-dealkylation sites (N-methyl/N-ethyl adjacent to an activating group) is 1. The zero-order valence-electron chi connectivity index (χ0n) is 11.0. The summed E-state index contributed by atoms with van der Waals surface area (Å²) in [6.45, 7) is 2.36. The predicted octanol–water partition coefficient (Wildman–Crippen LogP) is 2.58. The molecule has 4 heteroatoms. The van der Waals surface area contributed by atoms with Crippen LogP contribution in [0.1, 0.15) is 54.6 Å².